The van der Waals surface area contributed by atoms with Crippen LogP contribution in [0.25, 0.3) is 67.7 Å². The number of fused-ring (bicyclic) bond motifs is 3. The van der Waals surface area contributed by atoms with Crippen molar-refractivity contribution in [3.63, 3.8) is 0 Å². The van der Waals surface area contributed by atoms with Crippen molar-refractivity contribution in [3.05, 3.63) is 55.8 Å². The first-order valence-corrected chi connectivity index (χ1v) is 9.93. The van der Waals surface area contributed by atoms with Gasteiger partial charge in [-0.05, 0) is 18.2 Å². The molecule has 0 unspecified atom stereocenters. The minimum absolute atomic E-state index is 0.588. The number of nitrogens with one attached hydrogen (secondary N) is 3. The van der Waals surface area contributed by atoms with E-state index in [0.717, 1.165) is 33.2 Å². The fourth-order valence-electron chi connectivity index (χ4n) is 3.73. The molecule has 6 aromatic heterocycles. The Morgan fingerprint density at radius 1 is 0.455 bits per heavy atom. The van der Waals surface area contributed by atoms with Gasteiger partial charge >= 0.3 is 0 Å². The molecule has 33 heavy (non-hydrogen) atoms. The first-order chi connectivity index (χ1) is 16.3. The molecule has 0 atom stereocenters. The van der Waals surface area contributed by atoms with Gasteiger partial charge in [0.1, 0.15) is 53.0 Å². The van der Waals surface area contributed by atoms with Gasteiger partial charge in [-0.2, -0.15) is 0 Å². The molecule has 3 N–H and O–H groups in total. The van der Waals surface area contributed by atoms with Crippen LogP contribution in [-0.4, -0.2) is 59.8 Å². The van der Waals surface area contributed by atoms with Crippen molar-refractivity contribution in [1.82, 2.24) is 59.8 Å². The number of hydrogen-bond acceptors (Lipinski definition) is 9. The molecule has 0 aliphatic rings. The monoisotopic (exact) mass is 432 g/mol. The van der Waals surface area contributed by atoms with Crippen molar-refractivity contribution in [2.24, 2.45) is 0 Å². The van der Waals surface area contributed by atoms with E-state index in [9.17, 15) is 0 Å². The van der Waals surface area contributed by atoms with E-state index in [0.29, 0.717) is 34.4 Å². The maximum atomic E-state index is 4.63. The van der Waals surface area contributed by atoms with Gasteiger partial charge in [0.2, 0.25) is 0 Å². The minimum Gasteiger partial charge on any atom is -0.335 e. The summed E-state index contributed by atoms with van der Waals surface area (Å²) in [7, 11) is 0. The zero-order valence-corrected chi connectivity index (χ0v) is 16.7. The normalized spacial score (nSPS) is 11.6. The molecular weight excluding hydrogens is 420 g/mol. The minimum atomic E-state index is 0.588. The van der Waals surface area contributed by atoms with E-state index in [4.69, 9.17) is 0 Å². The van der Waals surface area contributed by atoms with Gasteiger partial charge in [0.15, 0.2) is 16.9 Å². The van der Waals surface area contributed by atoms with Crippen molar-refractivity contribution in [3.8, 4) is 34.2 Å². The smallest absolute Gasteiger partial charge is 0.181 e. The molecule has 0 radical (unpaired) electrons. The van der Waals surface area contributed by atoms with E-state index >= 15 is 0 Å². The van der Waals surface area contributed by atoms with Crippen LogP contribution in [-0.2, 0) is 0 Å². The highest BCUT2D eigenvalue weighted by molar-refractivity contribution is 5.83. The Bertz CT molecular complexity index is 1470. The number of imidazole rings is 3. The average molecular weight is 432 g/mol. The van der Waals surface area contributed by atoms with E-state index in [2.05, 4.69) is 59.8 Å². The standard InChI is InChI=1S/C21H12N12/c1-10(16-28-13-4-22-7-25-19(13)31-16)2-12(18-30-15-6-24-9-27-21(15)33-18)3-11(1)17-29-14-5-23-8-26-20(14)32-17/h1-9H,(H,22,25,28,31)(H,23,26,29,32)(H,24,27,30,33). The lowest BCUT2D eigenvalue weighted by Crippen LogP contribution is -1.89. The molecule has 6 heterocycles. The Morgan fingerprint density at radius 3 is 1.09 bits per heavy atom. The second kappa shape index (κ2) is 6.68. The fourth-order valence-corrected chi connectivity index (χ4v) is 3.73. The lowest BCUT2D eigenvalue weighted by molar-refractivity contribution is 1.20. The molecule has 12 nitrogen and oxygen atoms in total. The number of nitrogens with zero attached hydrogens (tertiary/aromatic N) is 9. The first-order valence-electron chi connectivity index (χ1n) is 9.93. The molecule has 7 rings (SSSR count). The summed E-state index contributed by atoms with van der Waals surface area (Å²) in [5, 5.41) is 0. The maximum absolute atomic E-state index is 4.63. The summed E-state index contributed by atoms with van der Waals surface area (Å²) in [5.74, 6) is 1.96. The number of benzene rings is 1. The molecule has 0 saturated heterocycles. The van der Waals surface area contributed by atoms with E-state index in [1.807, 2.05) is 18.2 Å². The summed E-state index contributed by atoms with van der Waals surface area (Å²) in [5.41, 5.74) is 6.50. The summed E-state index contributed by atoms with van der Waals surface area (Å²) >= 11 is 0. The molecule has 0 amide bonds. The van der Waals surface area contributed by atoms with Crippen LogP contribution in [0.1, 0.15) is 0 Å². The van der Waals surface area contributed by atoms with E-state index < -0.39 is 0 Å². The number of aromatic amines is 3. The topological polar surface area (TPSA) is 163 Å². The highest BCUT2D eigenvalue weighted by Gasteiger charge is 2.15. The number of rotatable bonds is 3. The Balaban J connectivity index is 1.46. The van der Waals surface area contributed by atoms with Crippen LogP contribution in [0.4, 0.5) is 0 Å². The Kier molecular flexibility index (Phi) is 3.55. The van der Waals surface area contributed by atoms with Crippen LogP contribution in [0.5, 0.6) is 0 Å². The second-order valence-corrected chi connectivity index (χ2v) is 7.34. The molecule has 0 aliphatic carbocycles. The molecule has 0 fully saturated rings. The quantitative estimate of drug-likeness (QED) is 0.381. The van der Waals surface area contributed by atoms with E-state index in [1.54, 1.807) is 18.6 Å². The SMILES string of the molecule is c1ncc2[nH]c(-c3cc(-c4nc5ncncc5[nH]4)cc(-c4nc5ncncc5[nH]4)c3)nc2n1. The maximum Gasteiger partial charge on any atom is 0.181 e. The highest BCUT2D eigenvalue weighted by atomic mass is 15.0. The second-order valence-electron chi connectivity index (χ2n) is 7.34. The zero-order valence-electron chi connectivity index (χ0n) is 16.7. The molecule has 0 saturated carbocycles. The molecule has 0 bridgehead atoms. The third kappa shape index (κ3) is 2.89. The van der Waals surface area contributed by atoms with Gasteiger partial charge in [-0.1, -0.05) is 0 Å². The summed E-state index contributed by atoms with van der Waals surface area (Å²) in [6.45, 7) is 0. The Morgan fingerprint density at radius 2 is 0.788 bits per heavy atom. The molecular formula is C21H12N12. The van der Waals surface area contributed by atoms with E-state index in [-0.39, 0.29) is 0 Å². The van der Waals surface area contributed by atoms with Gasteiger partial charge in [-0.15, -0.1) is 0 Å². The third-order valence-electron chi connectivity index (χ3n) is 5.24. The predicted molar refractivity (Wildman–Crippen MR) is 118 cm³/mol. The number of aromatic nitrogens is 12. The first kappa shape index (κ1) is 17.5. The lowest BCUT2D eigenvalue weighted by atomic mass is 10.0. The number of hydrogen-bond donors (Lipinski definition) is 3. The van der Waals surface area contributed by atoms with Crippen LogP contribution in [0, 0.1) is 0 Å². The molecule has 0 spiro atoms. The van der Waals surface area contributed by atoms with Gasteiger partial charge in [0.25, 0.3) is 0 Å². The molecule has 7 aromatic rings. The van der Waals surface area contributed by atoms with Crippen molar-refractivity contribution in [1.29, 1.82) is 0 Å². The van der Waals surface area contributed by atoms with Crippen LogP contribution in [0.2, 0.25) is 0 Å². The summed E-state index contributed by atoms with van der Waals surface area (Å²) < 4.78 is 0. The van der Waals surface area contributed by atoms with Gasteiger partial charge < -0.3 is 15.0 Å². The summed E-state index contributed by atoms with van der Waals surface area (Å²) in [4.78, 5) is 48.6. The molecule has 156 valence electrons. The summed E-state index contributed by atoms with van der Waals surface area (Å²) in [6, 6.07) is 5.97. The highest BCUT2D eigenvalue weighted by Crippen LogP contribution is 2.31. The third-order valence-corrected chi connectivity index (χ3v) is 5.24. The van der Waals surface area contributed by atoms with Crippen molar-refractivity contribution in [2.45, 2.75) is 0 Å². The lowest BCUT2D eigenvalue weighted by Gasteiger charge is -2.06. The van der Waals surface area contributed by atoms with Crippen molar-refractivity contribution < 1.29 is 0 Å². The van der Waals surface area contributed by atoms with Gasteiger partial charge in [0.05, 0.1) is 18.6 Å². The van der Waals surface area contributed by atoms with Crippen molar-refractivity contribution in [2.75, 3.05) is 0 Å². The fraction of sp³-hybridized carbons (Fsp3) is 0. The van der Waals surface area contributed by atoms with E-state index in [1.165, 1.54) is 19.0 Å². The summed E-state index contributed by atoms with van der Waals surface area (Å²) in [6.07, 6.45) is 9.50. The largest absolute Gasteiger partial charge is 0.335 e. The van der Waals surface area contributed by atoms with Gasteiger partial charge in [-0.3, -0.25) is 0 Å². The molecule has 0 aliphatic heterocycles. The van der Waals surface area contributed by atoms with Crippen LogP contribution in [0.3, 0.4) is 0 Å². The van der Waals surface area contributed by atoms with Gasteiger partial charge in [0, 0.05) is 16.7 Å². The predicted octanol–water partition coefficient (Wildman–Crippen LogP) is 2.69. The van der Waals surface area contributed by atoms with Crippen LogP contribution in [0.15, 0.2) is 55.8 Å². The zero-order chi connectivity index (χ0) is 21.8. The molecule has 12 heteroatoms. The number of H-pyrrole nitrogens is 3. The van der Waals surface area contributed by atoms with Crippen molar-refractivity contribution >= 4 is 33.5 Å². The average Bonchev–Trinajstić information content (AvgIpc) is 3.59. The van der Waals surface area contributed by atoms with Crippen LogP contribution >= 0.6 is 0 Å². The van der Waals surface area contributed by atoms with Gasteiger partial charge in [-0.25, -0.2) is 44.9 Å². The molecule has 1 aromatic carbocycles. The Hall–Kier alpha value is -5.13. The van der Waals surface area contributed by atoms with Crippen LogP contribution < -0.4 is 0 Å². The Labute approximate surface area is 183 Å².